The first-order valence-electron chi connectivity index (χ1n) is 24.7. The molecule has 10 rings (SSSR count). The van der Waals surface area contributed by atoms with Crippen LogP contribution in [-0.4, -0.2) is 82.6 Å². The van der Waals surface area contributed by atoms with Crippen LogP contribution in [0.5, 0.6) is 5.75 Å². The van der Waals surface area contributed by atoms with Crippen molar-refractivity contribution in [2.24, 2.45) is 16.8 Å². The van der Waals surface area contributed by atoms with Gasteiger partial charge in [0.2, 0.25) is 17.7 Å². The first-order valence-corrected chi connectivity index (χ1v) is 25.9. The van der Waals surface area contributed by atoms with Crippen LogP contribution in [0.1, 0.15) is 116 Å². The number of halogens is 1. The lowest BCUT2D eigenvalue weighted by Gasteiger charge is -2.36. The van der Waals surface area contributed by atoms with E-state index in [-0.39, 0.29) is 54.2 Å². The monoisotopic (exact) mass is 1010 g/mol. The van der Waals surface area contributed by atoms with E-state index in [4.69, 9.17) is 30.8 Å². The third-order valence-corrected chi connectivity index (χ3v) is 15.8. The van der Waals surface area contributed by atoms with Crippen LogP contribution in [0.4, 0.5) is 0 Å². The van der Waals surface area contributed by atoms with Gasteiger partial charge in [-0.15, -0.1) is 21.5 Å². The molecule has 1 saturated heterocycles. The molecule has 3 aliphatic rings. The van der Waals surface area contributed by atoms with E-state index in [0.29, 0.717) is 42.4 Å². The number of ether oxygens (including phenoxy) is 1. The van der Waals surface area contributed by atoms with Crippen LogP contribution < -0.4 is 15.4 Å². The van der Waals surface area contributed by atoms with Gasteiger partial charge in [0, 0.05) is 63.8 Å². The van der Waals surface area contributed by atoms with Crippen LogP contribution in [0.3, 0.4) is 0 Å². The molecule has 3 amide bonds. The van der Waals surface area contributed by atoms with Crippen LogP contribution in [0.15, 0.2) is 101 Å². The molecule has 6 heterocycles. The molecule has 17 heteroatoms. The van der Waals surface area contributed by atoms with E-state index in [0.717, 1.165) is 66.9 Å². The summed E-state index contributed by atoms with van der Waals surface area (Å²) in [5.41, 5.74) is 8.29. The number of nitrogens with zero attached hydrogens (tertiary/aromatic N) is 8. The Balaban J connectivity index is 0.762. The second kappa shape index (κ2) is 19.9. The number of carbonyl (C=O) groups is 3. The summed E-state index contributed by atoms with van der Waals surface area (Å²) >= 11 is 7.97. The minimum Gasteiger partial charge on any atom is -0.490 e. The average Bonchev–Trinajstić information content (AvgIpc) is 4.19. The molecule has 2 N–H and O–H groups in total. The van der Waals surface area contributed by atoms with Crippen LogP contribution >= 0.6 is 22.9 Å². The molecule has 1 unspecified atom stereocenters. The fourth-order valence-electron chi connectivity index (χ4n) is 10.3. The van der Waals surface area contributed by atoms with E-state index in [1.807, 2.05) is 114 Å². The number of aromatic nitrogens is 6. The summed E-state index contributed by atoms with van der Waals surface area (Å²) < 4.78 is 15.8. The molecule has 4 aromatic heterocycles. The summed E-state index contributed by atoms with van der Waals surface area (Å²) in [5.74, 6) is 2.45. The second-order valence-electron chi connectivity index (χ2n) is 20.0. The fraction of sp³-hybridized carbons (Fsp3) is 0.382. The lowest BCUT2D eigenvalue weighted by Crippen LogP contribution is -2.49. The largest absolute Gasteiger partial charge is 0.490 e. The Morgan fingerprint density at radius 3 is 2.39 bits per heavy atom. The van der Waals surface area contributed by atoms with Crippen molar-refractivity contribution in [2.75, 3.05) is 6.54 Å². The Morgan fingerprint density at radius 2 is 1.67 bits per heavy atom. The smallest absolute Gasteiger partial charge is 0.248 e. The number of benzene rings is 3. The molecular formula is C55H59ClN10O5S. The van der Waals surface area contributed by atoms with E-state index < -0.39 is 18.1 Å². The van der Waals surface area contributed by atoms with Crippen LogP contribution in [0.25, 0.3) is 27.5 Å². The molecule has 72 heavy (non-hydrogen) atoms. The molecule has 5 atom stereocenters. The number of aryl methyl sites for hydroxylation is 3. The maximum absolute atomic E-state index is 14.5. The summed E-state index contributed by atoms with van der Waals surface area (Å²) in [6, 6.07) is 21.3. The number of likely N-dealkylation sites (tertiary alicyclic amines) is 1. The third kappa shape index (κ3) is 9.61. The highest BCUT2D eigenvalue weighted by Crippen LogP contribution is 2.40. The standard InChI is InChI=1S/C55H59ClN10O5S/c1-29(2)50(54(69)64-26-30(3)20-46(64)53(68)59-32(5)36-12-14-38(15-13-36)51-33(6)57-28-70-51)65-27-40(25-58-65)39-10-9-11-43(21-39)71-44-22-42(23-44)60-47(67)24-45-52-63-62-35(8)66(52)55-48(31(4)34(7)72-55)49(61-45)37-16-18-41(56)19-17-37/h9-19,21,25,27-30,32,42,44-46,50H,20,22-24,26H2,1-8H3,(H,59,68)(H,60,67)/t30-,32?,42?,44?,45+,46+,50-/m1/s1. The second-order valence-corrected chi connectivity index (χ2v) is 21.6. The van der Waals surface area contributed by atoms with Crippen molar-refractivity contribution in [3.05, 3.63) is 141 Å². The predicted octanol–water partition coefficient (Wildman–Crippen LogP) is 10.1. The number of hydrogen-bond acceptors (Lipinski definition) is 11. The number of nitrogens with one attached hydrogen (secondary N) is 2. The Kier molecular flexibility index (Phi) is 13.5. The summed E-state index contributed by atoms with van der Waals surface area (Å²) in [6.45, 7) is 16.6. The summed E-state index contributed by atoms with van der Waals surface area (Å²) in [5, 5.41) is 21.8. The molecule has 372 valence electrons. The summed E-state index contributed by atoms with van der Waals surface area (Å²) in [4.78, 5) is 54.6. The number of fused-ring (bicyclic) bond motifs is 3. The van der Waals surface area contributed by atoms with Crippen molar-refractivity contribution in [3.63, 3.8) is 0 Å². The van der Waals surface area contributed by atoms with Crippen LogP contribution in [0.2, 0.25) is 5.02 Å². The normalized spacial score (nSPS) is 20.2. The van der Waals surface area contributed by atoms with Crippen LogP contribution in [-0.2, 0) is 14.4 Å². The quantitative estimate of drug-likeness (QED) is 0.107. The van der Waals surface area contributed by atoms with Crippen molar-refractivity contribution in [3.8, 4) is 33.2 Å². The Bertz CT molecular complexity index is 3180. The Labute approximate surface area is 428 Å². The number of amides is 3. The maximum Gasteiger partial charge on any atom is 0.248 e. The fourth-order valence-corrected chi connectivity index (χ4v) is 11.6. The summed E-state index contributed by atoms with van der Waals surface area (Å²) in [7, 11) is 0. The molecule has 0 spiro atoms. The number of carbonyl (C=O) groups excluding carboxylic acids is 3. The zero-order chi connectivity index (χ0) is 50.5. The molecule has 2 aliphatic heterocycles. The van der Waals surface area contributed by atoms with E-state index >= 15 is 0 Å². The minimum atomic E-state index is -0.616. The average molecular weight is 1010 g/mol. The molecule has 2 fully saturated rings. The van der Waals surface area contributed by atoms with Gasteiger partial charge in [0.05, 0.1) is 30.1 Å². The van der Waals surface area contributed by atoms with E-state index in [1.54, 1.807) is 27.1 Å². The summed E-state index contributed by atoms with van der Waals surface area (Å²) in [6.07, 6.45) is 7.03. The highest BCUT2D eigenvalue weighted by atomic mass is 35.5. The minimum absolute atomic E-state index is 0.0492. The van der Waals surface area contributed by atoms with E-state index in [2.05, 4.69) is 51.2 Å². The van der Waals surface area contributed by atoms with E-state index in [1.165, 1.54) is 11.3 Å². The molecule has 0 bridgehead atoms. The van der Waals surface area contributed by atoms with Gasteiger partial charge in [-0.3, -0.25) is 28.6 Å². The van der Waals surface area contributed by atoms with E-state index in [9.17, 15) is 14.4 Å². The van der Waals surface area contributed by atoms with Crippen molar-refractivity contribution < 1.29 is 23.5 Å². The molecule has 1 saturated carbocycles. The van der Waals surface area contributed by atoms with Crippen molar-refractivity contribution in [1.29, 1.82) is 0 Å². The molecule has 15 nitrogen and oxygen atoms in total. The third-order valence-electron chi connectivity index (χ3n) is 14.3. The van der Waals surface area contributed by atoms with Gasteiger partial charge in [-0.05, 0) is 93.8 Å². The Morgan fingerprint density at radius 1 is 0.917 bits per heavy atom. The number of aliphatic imine (C=N–C) groups is 1. The molecule has 0 radical (unpaired) electrons. The molecule has 1 aliphatic carbocycles. The number of oxazole rings is 1. The predicted molar refractivity (Wildman–Crippen MR) is 278 cm³/mol. The lowest BCUT2D eigenvalue weighted by atomic mass is 9.89. The van der Waals surface area contributed by atoms with Crippen molar-refractivity contribution in [2.45, 2.75) is 117 Å². The van der Waals surface area contributed by atoms with Gasteiger partial charge in [-0.25, -0.2) is 4.98 Å². The van der Waals surface area contributed by atoms with Crippen molar-refractivity contribution >= 4 is 46.4 Å². The molecule has 3 aromatic carbocycles. The first kappa shape index (κ1) is 48.7. The van der Waals surface area contributed by atoms with Gasteiger partial charge in [-0.2, -0.15) is 5.10 Å². The zero-order valence-corrected chi connectivity index (χ0v) is 43.3. The number of thiophene rings is 1. The number of hydrogen-bond donors (Lipinski definition) is 2. The Hall–Kier alpha value is -6.91. The lowest BCUT2D eigenvalue weighted by molar-refractivity contribution is -0.142. The molecular weight excluding hydrogens is 948 g/mol. The number of rotatable bonds is 14. The van der Waals surface area contributed by atoms with Gasteiger partial charge in [0.15, 0.2) is 18.0 Å². The van der Waals surface area contributed by atoms with Gasteiger partial charge in [0.1, 0.15) is 40.8 Å². The topological polar surface area (TPSA) is 175 Å². The first-order chi connectivity index (χ1) is 34.6. The van der Waals surface area contributed by atoms with Crippen LogP contribution in [0, 0.1) is 39.5 Å². The van der Waals surface area contributed by atoms with Crippen molar-refractivity contribution in [1.82, 2.24) is 45.1 Å². The highest BCUT2D eigenvalue weighted by molar-refractivity contribution is 7.15. The van der Waals surface area contributed by atoms with Gasteiger partial charge in [-0.1, -0.05) is 80.9 Å². The van der Waals surface area contributed by atoms with Gasteiger partial charge in [0.25, 0.3) is 0 Å². The van der Waals surface area contributed by atoms with Gasteiger partial charge >= 0.3 is 0 Å². The van der Waals surface area contributed by atoms with Gasteiger partial charge < -0.3 is 24.7 Å². The zero-order valence-electron chi connectivity index (χ0n) is 41.7. The molecule has 7 aromatic rings. The SMILES string of the molecule is Cc1ncoc1-c1ccc(C(C)NC(=O)[C@@H]2C[C@@H](C)CN2C(=O)[C@@H](C(C)C)n2cc(-c3cccc(OC4CC(NC(=O)C[C@@H]5N=C(c6ccc(Cl)cc6)c6c(sc(C)c6C)-n6c(C)nnc65)C4)c3)cn2)cc1. The highest BCUT2D eigenvalue weighted by Gasteiger charge is 2.42. The maximum atomic E-state index is 14.5.